The molecule has 7 nitrogen and oxygen atoms in total. The molecule has 112 valence electrons. The third-order valence-corrected chi connectivity index (χ3v) is 2.94. The van der Waals surface area contributed by atoms with Gasteiger partial charge in [-0.3, -0.25) is 9.59 Å². The Balaban J connectivity index is 2.40. The van der Waals surface area contributed by atoms with Crippen molar-refractivity contribution < 1.29 is 14.1 Å². The van der Waals surface area contributed by atoms with Gasteiger partial charge >= 0.3 is 0 Å². The molecule has 1 atom stereocenters. The molecule has 0 saturated heterocycles. The maximum Gasteiger partial charge on any atom is 0.242 e. The van der Waals surface area contributed by atoms with E-state index in [1.54, 1.807) is 20.0 Å². The molecule has 1 aromatic rings. The van der Waals surface area contributed by atoms with E-state index in [1.165, 1.54) is 4.90 Å². The highest BCUT2D eigenvalue weighted by Crippen LogP contribution is 2.04. The summed E-state index contributed by atoms with van der Waals surface area (Å²) < 4.78 is 4.93. The predicted molar refractivity (Wildman–Crippen MR) is 73.5 cm³/mol. The normalized spacial score (nSPS) is 12.3. The molecule has 0 aliphatic rings. The van der Waals surface area contributed by atoms with Crippen LogP contribution >= 0.6 is 0 Å². The van der Waals surface area contributed by atoms with E-state index in [0.717, 1.165) is 0 Å². The Kier molecular flexibility index (Phi) is 5.69. The van der Waals surface area contributed by atoms with Gasteiger partial charge in [0, 0.05) is 13.1 Å². The van der Waals surface area contributed by atoms with Crippen LogP contribution in [0.1, 0.15) is 25.3 Å². The molecule has 1 aromatic heterocycles. The summed E-state index contributed by atoms with van der Waals surface area (Å²) in [6, 6.07) is 1.16. The Morgan fingerprint density at radius 1 is 1.50 bits per heavy atom. The highest BCUT2D eigenvalue weighted by atomic mass is 16.5. The van der Waals surface area contributed by atoms with Crippen molar-refractivity contribution in [3.05, 3.63) is 17.5 Å². The number of rotatable bonds is 6. The van der Waals surface area contributed by atoms with Crippen molar-refractivity contribution in [1.29, 1.82) is 0 Å². The number of likely N-dealkylation sites (N-methyl/N-ethyl adjacent to an activating group) is 1. The van der Waals surface area contributed by atoms with Gasteiger partial charge < -0.3 is 20.5 Å². The van der Waals surface area contributed by atoms with Gasteiger partial charge in [0.1, 0.15) is 11.5 Å². The highest BCUT2D eigenvalue weighted by Gasteiger charge is 2.19. The van der Waals surface area contributed by atoms with E-state index in [-0.39, 0.29) is 24.3 Å². The van der Waals surface area contributed by atoms with Crippen LogP contribution in [0, 0.1) is 12.8 Å². The minimum absolute atomic E-state index is 0.0286. The van der Waals surface area contributed by atoms with Crippen LogP contribution in [0.3, 0.4) is 0 Å². The minimum atomic E-state index is -0.605. The van der Waals surface area contributed by atoms with E-state index in [2.05, 4.69) is 10.5 Å². The molecule has 0 fully saturated rings. The van der Waals surface area contributed by atoms with Gasteiger partial charge in [-0.1, -0.05) is 19.0 Å². The maximum absolute atomic E-state index is 11.9. The Morgan fingerprint density at radius 2 is 2.15 bits per heavy atom. The molecule has 0 radical (unpaired) electrons. The van der Waals surface area contributed by atoms with E-state index in [1.807, 2.05) is 13.8 Å². The minimum Gasteiger partial charge on any atom is -0.361 e. The topological polar surface area (TPSA) is 101 Å². The van der Waals surface area contributed by atoms with Crippen molar-refractivity contribution in [1.82, 2.24) is 15.4 Å². The van der Waals surface area contributed by atoms with Crippen LogP contribution in [0.25, 0.3) is 0 Å². The molecule has 0 saturated carbocycles. The molecule has 3 N–H and O–H groups in total. The van der Waals surface area contributed by atoms with Gasteiger partial charge in [-0.2, -0.15) is 0 Å². The number of nitrogens with two attached hydrogens (primary N) is 1. The van der Waals surface area contributed by atoms with Crippen LogP contribution in [0.5, 0.6) is 0 Å². The molecular formula is C13H22N4O3. The first kappa shape index (κ1) is 16.2. The molecular weight excluding hydrogens is 260 g/mol. The summed E-state index contributed by atoms with van der Waals surface area (Å²) in [5, 5.41) is 6.35. The quantitative estimate of drug-likeness (QED) is 0.767. The largest absolute Gasteiger partial charge is 0.361 e. The summed E-state index contributed by atoms with van der Waals surface area (Å²) in [6.45, 7) is 5.75. The van der Waals surface area contributed by atoms with E-state index in [0.29, 0.717) is 18.0 Å². The van der Waals surface area contributed by atoms with E-state index >= 15 is 0 Å². The molecule has 20 heavy (non-hydrogen) atoms. The van der Waals surface area contributed by atoms with Gasteiger partial charge in [-0.25, -0.2) is 0 Å². The summed E-state index contributed by atoms with van der Waals surface area (Å²) in [4.78, 5) is 25.0. The van der Waals surface area contributed by atoms with Gasteiger partial charge in [0.25, 0.3) is 0 Å². The second-order valence-electron chi connectivity index (χ2n) is 5.17. The van der Waals surface area contributed by atoms with Crippen molar-refractivity contribution >= 4 is 11.8 Å². The average Bonchev–Trinajstić information content (AvgIpc) is 2.79. The lowest BCUT2D eigenvalue weighted by Gasteiger charge is -2.18. The van der Waals surface area contributed by atoms with Gasteiger partial charge in [-0.15, -0.1) is 0 Å². The Hall–Kier alpha value is -1.89. The van der Waals surface area contributed by atoms with Crippen molar-refractivity contribution in [2.75, 3.05) is 13.6 Å². The Morgan fingerprint density at radius 3 is 2.65 bits per heavy atom. The van der Waals surface area contributed by atoms with Gasteiger partial charge in [0.2, 0.25) is 11.8 Å². The van der Waals surface area contributed by atoms with Gasteiger partial charge in [0.05, 0.1) is 19.1 Å². The molecule has 2 amide bonds. The second-order valence-corrected chi connectivity index (χ2v) is 5.17. The van der Waals surface area contributed by atoms with Crippen molar-refractivity contribution in [2.45, 2.75) is 33.4 Å². The van der Waals surface area contributed by atoms with Crippen molar-refractivity contribution in [2.24, 2.45) is 11.7 Å². The maximum atomic E-state index is 11.9. The van der Waals surface area contributed by atoms with Crippen LogP contribution < -0.4 is 11.1 Å². The highest BCUT2D eigenvalue weighted by molar-refractivity contribution is 5.87. The smallest absolute Gasteiger partial charge is 0.242 e. The lowest BCUT2D eigenvalue weighted by atomic mass is 10.1. The van der Waals surface area contributed by atoms with Crippen LogP contribution in [0.4, 0.5) is 0 Å². The van der Waals surface area contributed by atoms with Crippen molar-refractivity contribution in [3.63, 3.8) is 0 Å². The molecule has 1 rings (SSSR count). The third kappa shape index (κ3) is 4.65. The summed E-state index contributed by atoms with van der Waals surface area (Å²) >= 11 is 0. The molecule has 0 bridgehead atoms. The van der Waals surface area contributed by atoms with Gasteiger partial charge in [-0.05, 0) is 12.8 Å². The van der Waals surface area contributed by atoms with Crippen molar-refractivity contribution in [3.8, 4) is 0 Å². The summed E-state index contributed by atoms with van der Waals surface area (Å²) in [5.41, 5.74) is 6.36. The first-order chi connectivity index (χ1) is 9.31. The second kappa shape index (κ2) is 7.04. The van der Waals surface area contributed by atoms with Crippen LogP contribution in [0.15, 0.2) is 10.6 Å². The number of hydrogen-bond acceptors (Lipinski definition) is 5. The number of aryl methyl sites for hydroxylation is 1. The molecule has 0 spiro atoms. The Bertz CT molecular complexity index is 470. The summed E-state index contributed by atoms with van der Waals surface area (Å²) in [5.74, 6) is 0.187. The van der Waals surface area contributed by atoms with E-state index in [9.17, 15) is 9.59 Å². The van der Waals surface area contributed by atoms with Crippen LogP contribution in [-0.4, -0.2) is 41.5 Å². The first-order valence-electron chi connectivity index (χ1n) is 6.50. The average molecular weight is 282 g/mol. The summed E-state index contributed by atoms with van der Waals surface area (Å²) in [6.07, 6.45) is 0. The van der Waals surface area contributed by atoms with E-state index in [4.69, 9.17) is 10.3 Å². The zero-order valence-electron chi connectivity index (χ0n) is 12.3. The number of nitrogens with zero attached hydrogens (tertiary/aromatic N) is 2. The number of carbonyl (C=O) groups excluding carboxylic acids is 2. The first-order valence-corrected chi connectivity index (χ1v) is 6.50. The molecule has 7 heteroatoms. The zero-order chi connectivity index (χ0) is 15.3. The SMILES string of the molecule is Cc1cc(CN(C)C(=O)CNC(=O)[C@@H](N)C(C)C)no1. The molecule has 1 heterocycles. The lowest BCUT2D eigenvalue weighted by molar-refractivity contribution is -0.132. The number of nitrogens with one attached hydrogen (secondary N) is 1. The molecule has 0 aromatic carbocycles. The number of aromatic nitrogens is 1. The number of carbonyl (C=O) groups is 2. The molecule has 0 aliphatic carbocycles. The van der Waals surface area contributed by atoms with Crippen LogP contribution in [0.2, 0.25) is 0 Å². The third-order valence-electron chi connectivity index (χ3n) is 2.94. The number of hydrogen-bond donors (Lipinski definition) is 2. The Labute approximate surface area is 118 Å². The van der Waals surface area contributed by atoms with E-state index < -0.39 is 6.04 Å². The molecule has 0 unspecified atom stereocenters. The zero-order valence-corrected chi connectivity index (χ0v) is 12.3. The molecule has 0 aliphatic heterocycles. The van der Waals surface area contributed by atoms with Gasteiger partial charge in [0.15, 0.2) is 0 Å². The fourth-order valence-electron chi connectivity index (χ4n) is 1.54. The monoisotopic (exact) mass is 282 g/mol. The lowest BCUT2D eigenvalue weighted by Crippen LogP contribution is -2.47. The standard InChI is InChI=1S/C13H22N4O3/c1-8(2)12(14)13(19)15-6-11(18)17(4)7-10-5-9(3)20-16-10/h5,8,12H,6-7,14H2,1-4H3,(H,15,19)/t12-/m0/s1. The fraction of sp³-hybridized carbons (Fsp3) is 0.615. The number of amides is 2. The van der Waals surface area contributed by atoms with Crippen LogP contribution in [-0.2, 0) is 16.1 Å². The predicted octanol–water partition coefficient (Wildman–Crippen LogP) is 0.0409. The fourth-order valence-corrected chi connectivity index (χ4v) is 1.54. The summed E-state index contributed by atoms with van der Waals surface area (Å²) in [7, 11) is 1.64.